The van der Waals surface area contributed by atoms with E-state index in [9.17, 15) is 0 Å². The third-order valence-electron chi connectivity index (χ3n) is 10.8. The molecule has 4 heteroatoms. The highest BCUT2D eigenvalue weighted by molar-refractivity contribution is 6.16. The molecule has 0 saturated heterocycles. The highest BCUT2D eigenvalue weighted by Gasteiger charge is 2.22. The Hall–Kier alpha value is -7.56. The van der Waals surface area contributed by atoms with Crippen LogP contribution in [0, 0.1) is 0 Å². The molecule has 11 aromatic rings. The summed E-state index contributed by atoms with van der Waals surface area (Å²) in [7, 11) is 0. The Morgan fingerprint density at radius 3 is 1.52 bits per heavy atom. The molecule has 0 N–H and O–H groups in total. The van der Waals surface area contributed by atoms with E-state index in [1.54, 1.807) is 0 Å². The lowest BCUT2D eigenvalue weighted by atomic mass is 9.95. The first-order chi connectivity index (χ1) is 27.7. The minimum atomic E-state index is 0.619. The summed E-state index contributed by atoms with van der Waals surface area (Å²) >= 11 is 0. The van der Waals surface area contributed by atoms with Gasteiger partial charge in [-0.2, -0.15) is 0 Å². The molecule has 262 valence electrons. The predicted molar refractivity (Wildman–Crippen MR) is 231 cm³/mol. The van der Waals surface area contributed by atoms with Crippen LogP contribution in [-0.2, 0) is 0 Å². The van der Waals surface area contributed by atoms with Crippen LogP contribution in [0.5, 0.6) is 0 Å². The van der Waals surface area contributed by atoms with Crippen molar-refractivity contribution in [3.8, 4) is 61.8 Å². The van der Waals surface area contributed by atoms with E-state index in [1.165, 1.54) is 0 Å². The molecule has 0 amide bonds. The molecule has 0 aliphatic rings. The van der Waals surface area contributed by atoms with Gasteiger partial charge in [0, 0.05) is 38.2 Å². The predicted octanol–water partition coefficient (Wildman–Crippen LogP) is 13.8. The Bertz CT molecular complexity index is 3160. The first-order valence-electron chi connectivity index (χ1n) is 18.9. The molecule has 0 unspecified atom stereocenters. The van der Waals surface area contributed by atoms with Crippen LogP contribution in [0.25, 0.3) is 106 Å². The molecular weight excluding hydrogens is 683 g/mol. The first kappa shape index (κ1) is 31.9. The second-order valence-corrected chi connectivity index (χ2v) is 14.2. The maximum atomic E-state index is 6.20. The summed E-state index contributed by atoms with van der Waals surface area (Å²) in [4.78, 5) is 10.7. The summed E-state index contributed by atoms with van der Waals surface area (Å²) in [6.45, 7) is 0. The van der Waals surface area contributed by atoms with E-state index < -0.39 is 0 Å². The van der Waals surface area contributed by atoms with Gasteiger partial charge in [0.25, 0.3) is 0 Å². The summed E-state index contributed by atoms with van der Waals surface area (Å²) in [6, 6.07) is 70.4. The molecular formula is C52H33N3O. The van der Waals surface area contributed by atoms with Crippen molar-refractivity contribution in [2.24, 2.45) is 0 Å². The van der Waals surface area contributed by atoms with Crippen molar-refractivity contribution in [1.82, 2.24) is 14.5 Å². The second-order valence-electron chi connectivity index (χ2n) is 14.2. The number of para-hydroxylation sites is 1. The number of fused-ring (bicyclic) bond motifs is 6. The average Bonchev–Trinajstić information content (AvgIpc) is 3.82. The van der Waals surface area contributed by atoms with Gasteiger partial charge < -0.3 is 4.42 Å². The second kappa shape index (κ2) is 13.1. The highest BCUT2D eigenvalue weighted by atomic mass is 16.3. The molecule has 0 atom stereocenters. The minimum absolute atomic E-state index is 0.619. The van der Waals surface area contributed by atoms with Crippen LogP contribution in [0.15, 0.2) is 205 Å². The normalized spacial score (nSPS) is 11.6. The molecule has 0 spiro atoms. The van der Waals surface area contributed by atoms with Gasteiger partial charge in [-0.1, -0.05) is 152 Å². The lowest BCUT2D eigenvalue weighted by molar-refractivity contribution is 0.669. The Kier molecular flexibility index (Phi) is 7.46. The van der Waals surface area contributed by atoms with Crippen LogP contribution in [0.2, 0.25) is 0 Å². The minimum Gasteiger partial charge on any atom is -0.456 e. The van der Waals surface area contributed by atoms with Crippen molar-refractivity contribution in [2.75, 3.05) is 0 Å². The highest BCUT2D eigenvalue weighted by Crippen LogP contribution is 2.43. The van der Waals surface area contributed by atoms with Crippen LogP contribution < -0.4 is 0 Å². The number of nitrogens with zero attached hydrogens (tertiary/aromatic N) is 3. The van der Waals surface area contributed by atoms with Crippen LogP contribution in [0.1, 0.15) is 0 Å². The van der Waals surface area contributed by atoms with Crippen LogP contribution in [0.3, 0.4) is 0 Å². The topological polar surface area (TPSA) is 43.9 Å². The fourth-order valence-electron chi connectivity index (χ4n) is 8.12. The molecule has 0 bridgehead atoms. The van der Waals surface area contributed by atoms with Gasteiger partial charge in [0.1, 0.15) is 11.2 Å². The largest absolute Gasteiger partial charge is 0.456 e. The van der Waals surface area contributed by atoms with Crippen molar-refractivity contribution < 1.29 is 4.42 Å². The molecule has 56 heavy (non-hydrogen) atoms. The molecule has 0 fully saturated rings. The molecule has 8 aromatic carbocycles. The first-order valence-corrected chi connectivity index (χ1v) is 18.9. The Morgan fingerprint density at radius 2 is 0.857 bits per heavy atom. The van der Waals surface area contributed by atoms with E-state index in [1.807, 2.05) is 24.3 Å². The van der Waals surface area contributed by atoms with E-state index in [0.29, 0.717) is 5.95 Å². The lowest BCUT2D eigenvalue weighted by Crippen LogP contribution is -2.04. The van der Waals surface area contributed by atoms with Crippen LogP contribution in [0.4, 0.5) is 0 Å². The molecule has 3 heterocycles. The zero-order chi connectivity index (χ0) is 37.0. The van der Waals surface area contributed by atoms with Crippen LogP contribution >= 0.6 is 0 Å². The summed E-state index contributed by atoms with van der Waals surface area (Å²) < 4.78 is 8.47. The lowest BCUT2D eigenvalue weighted by Gasteiger charge is -2.15. The number of rotatable bonds is 6. The Labute approximate surface area is 323 Å². The summed E-state index contributed by atoms with van der Waals surface area (Å²) in [5, 5.41) is 4.48. The quantitative estimate of drug-likeness (QED) is 0.172. The summed E-state index contributed by atoms with van der Waals surface area (Å²) in [5.74, 6) is 0.619. The van der Waals surface area contributed by atoms with Gasteiger partial charge in [-0.15, -0.1) is 0 Å². The SMILES string of the molecule is c1ccc(-c2cc(-c3ccccc3)c3c(c2)c2cc(-c4ccc5oc6ccccc6c5c4)ccc2n3-c2nc(-c3ccccc3)cc(-c3ccccc3)n2)cc1. The molecule has 0 saturated carbocycles. The van der Waals surface area contributed by atoms with Gasteiger partial charge in [0.05, 0.1) is 22.4 Å². The van der Waals surface area contributed by atoms with Crippen LogP contribution in [-0.4, -0.2) is 14.5 Å². The third kappa shape index (κ3) is 5.39. The number of hydrogen-bond donors (Lipinski definition) is 0. The van der Waals surface area contributed by atoms with Gasteiger partial charge in [0.2, 0.25) is 5.95 Å². The number of aromatic nitrogens is 3. The zero-order valence-electron chi connectivity index (χ0n) is 30.3. The van der Waals surface area contributed by atoms with Gasteiger partial charge in [0.15, 0.2) is 0 Å². The number of hydrogen-bond acceptors (Lipinski definition) is 3. The third-order valence-corrected chi connectivity index (χ3v) is 10.8. The average molecular weight is 716 g/mol. The maximum Gasteiger partial charge on any atom is 0.235 e. The van der Waals surface area contributed by atoms with Crippen molar-refractivity contribution in [1.29, 1.82) is 0 Å². The summed E-state index contributed by atoms with van der Waals surface area (Å²) in [6.07, 6.45) is 0. The fraction of sp³-hybridized carbons (Fsp3) is 0. The molecule has 0 radical (unpaired) electrons. The van der Waals surface area contributed by atoms with Crippen molar-refractivity contribution in [3.05, 3.63) is 200 Å². The zero-order valence-corrected chi connectivity index (χ0v) is 30.3. The number of furan rings is 1. The van der Waals surface area contributed by atoms with E-state index in [2.05, 4.69) is 180 Å². The Balaban J connectivity index is 1.24. The smallest absolute Gasteiger partial charge is 0.235 e. The fourth-order valence-corrected chi connectivity index (χ4v) is 8.12. The molecule has 11 rings (SSSR count). The van der Waals surface area contributed by atoms with Gasteiger partial charge in [-0.05, 0) is 76.3 Å². The number of benzene rings is 8. The van der Waals surface area contributed by atoms with Gasteiger partial charge >= 0.3 is 0 Å². The molecule has 0 aliphatic heterocycles. The van der Waals surface area contributed by atoms with E-state index in [-0.39, 0.29) is 0 Å². The molecule has 3 aromatic heterocycles. The van der Waals surface area contributed by atoms with Crippen molar-refractivity contribution >= 4 is 43.7 Å². The van der Waals surface area contributed by atoms with Gasteiger partial charge in [-0.3, -0.25) is 4.57 Å². The van der Waals surface area contributed by atoms with E-state index >= 15 is 0 Å². The van der Waals surface area contributed by atoms with E-state index in [0.717, 1.165) is 99.6 Å². The molecule has 4 nitrogen and oxygen atoms in total. The van der Waals surface area contributed by atoms with Gasteiger partial charge in [-0.25, -0.2) is 9.97 Å². The summed E-state index contributed by atoms with van der Waals surface area (Å²) in [5.41, 5.74) is 14.5. The monoisotopic (exact) mass is 715 g/mol. The van der Waals surface area contributed by atoms with Crippen molar-refractivity contribution in [3.63, 3.8) is 0 Å². The maximum absolute atomic E-state index is 6.20. The van der Waals surface area contributed by atoms with Crippen molar-refractivity contribution in [2.45, 2.75) is 0 Å². The van der Waals surface area contributed by atoms with E-state index in [4.69, 9.17) is 14.4 Å². The standard InChI is InChI=1S/C52H33N3O/c1-5-15-34(16-6-1)40-31-42(35-17-7-2-8-18-35)51-45(32-40)43-29-38(39-26-28-50-44(30-39)41-23-13-14-24-49(41)56-50)25-27-48(43)55(51)52-53-46(36-19-9-3-10-20-36)33-47(54-52)37-21-11-4-12-22-37/h1-33H. The molecule has 0 aliphatic carbocycles. The Morgan fingerprint density at radius 1 is 0.339 bits per heavy atom.